The standard InChI is InChI=1S/C81H136O17P2/c1-5-9-13-17-21-25-29-31-33-35-37-39-41-43-47-49-53-57-61-65-78(83)91-71-76(97-80(85)67-63-59-55-51-45-27-23-19-15-11-7-3)73-95-99(87,88)93-69-75(82)70-94-100(89,90)96-74-77(98-81(86)68-64-60-56-52-46-28-24-20-16-12-8-4)72-92-79(84)66-62-58-54-50-48-44-42-40-38-36-34-32-30-26-22-18-14-10-6-2/h9-10,13-14,19,21-23,25-26,31-34,37-40,44,48,54,58,75-77,82H,5-8,11-12,15-18,20,24,27-30,35-36,41-43,45-47,49-53,55-57,59-74H2,1-4H3,(H,87,88)(H,89,90)/b13-9-,14-10-,23-19-,25-21-,26-22-,33-31-,34-32-,39-37-,40-38-,48-44-,58-54-. The number of carbonyl (C=O) groups excluding carboxylic acids is 4. The summed E-state index contributed by atoms with van der Waals surface area (Å²) < 4.78 is 68.3. The number of unbranched alkanes of at least 4 members (excludes halogenated alkanes) is 23. The molecule has 0 aromatic carbocycles. The number of allylic oxidation sites excluding steroid dienone is 22. The second kappa shape index (κ2) is 72.5. The van der Waals surface area contributed by atoms with E-state index in [2.05, 4.69) is 143 Å². The third kappa shape index (κ3) is 71.6. The molecule has 0 aromatic rings. The van der Waals surface area contributed by atoms with Crippen LogP contribution >= 0.6 is 15.6 Å². The Morgan fingerprint density at radius 2 is 0.550 bits per heavy atom. The lowest BCUT2D eigenvalue weighted by molar-refractivity contribution is -0.161. The molecule has 0 aliphatic rings. The molecule has 0 bridgehead atoms. The molecular weight excluding hydrogens is 1310 g/mol. The van der Waals surface area contributed by atoms with Crippen LogP contribution in [-0.2, 0) is 65.4 Å². The quantitative estimate of drug-likeness (QED) is 0.0169. The summed E-state index contributed by atoms with van der Waals surface area (Å²) in [4.78, 5) is 72.8. The van der Waals surface area contributed by atoms with Crippen LogP contribution in [0.1, 0.15) is 297 Å². The molecule has 5 unspecified atom stereocenters. The molecule has 0 fully saturated rings. The van der Waals surface area contributed by atoms with Gasteiger partial charge in [-0.15, -0.1) is 0 Å². The van der Waals surface area contributed by atoms with Gasteiger partial charge in [0.15, 0.2) is 12.2 Å². The normalized spacial score (nSPS) is 14.7. The monoisotopic (exact) mass is 1440 g/mol. The topological polar surface area (TPSA) is 237 Å². The zero-order valence-electron chi connectivity index (χ0n) is 62.3. The lowest BCUT2D eigenvalue weighted by Gasteiger charge is -2.21. The van der Waals surface area contributed by atoms with Gasteiger partial charge < -0.3 is 33.8 Å². The van der Waals surface area contributed by atoms with Gasteiger partial charge in [0.1, 0.15) is 19.3 Å². The number of aliphatic hydroxyl groups excluding tert-OH is 1. The second-order valence-electron chi connectivity index (χ2n) is 25.2. The van der Waals surface area contributed by atoms with Gasteiger partial charge in [0, 0.05) is 25.7 Å². The molecule has 0 rings (SSSR count). The van der Waals surface area contributed by atoms with Gasteiger partial charge in [0.25, 0.3) is 0 Å². The zero-order valence-corrected chi connectivity index (χ0v) is 64.1. The first-order valence-corrected chi connectivity index (χ1v) is 41.4. The second-order valence-corrected chi connectivity index (χ2v) is 28.1. The van der Waals surface area contributed by atoms with E-state index < -0.39 is 97.5 Å². The van der Waals surface area contributed by atoms with Crippen LogP contribution in [0.3, 0.4) is 0 Å². The van der Waals surface area contributed by atoms with Gasteiger partial charge in [-0.05, 0) is 122 Å². The highest BCUT2D eigenvalue weighted by Crippen LogP contribution is 2.45. The number of hydrogen-bond acceptors (Lipinski definition) is 15. The van der Waals surface area contributed by atoms with E-state index in [4.69, 9.17) is 37.0 Å². The highest BCUT2D eigenvalue weighted by molar-refractivity contribution is 7.47. The van der Waals surface area contributed by atoms with E-state index in [-0.39, 0.29) is 25.7 Å². The third-order valence-corrected chi connectivity index (χ3v) is 17.5. The lowest BCUT2D eigenvalue weighted by Crippen LogP contribution is -2.30. The predicted octanol–water partition coefficient (Wildman–Crippen LogP) is 22.1. The third-order valence-electron chi connectivity index (χ3n) is 15.6. The molecule has 5 atom stereocenters. The molecule has 0 saturated carbocycles. The van der Waals surface area contributed by atoms with Crippen molar-refractivity contribution in [2.75, 3.05) is 39.6 Å². The van der Waals surface area contributed by atoms with Crippen molar-refractivity contribution < 1.29 is 80.2 Å². The van der Waals surface area contributed by atoms with Gasteiger partial charge in [-0.3, -0.25) is 37.3 Å². The number of phosphoric ester groups is 2. The summed E-state index contributed by atoms with van der Waals surface area (Å²) in [5.41, 5.74) is 0. The van der Waals surface area contributed by atoms with E-state index >= 15 is 0 Å². The summed E-state index contributed by atoms with van der Waals surface area (Å²) in [5.74, 6) is -2.30. The van der Waals surface area contributed by atoms with Gasteiger partial charge in [-0.25, -0.2) is 9.13 Å². The van der Waals surface area contributed by atoms with Crippen molar-refractivity contribution in [3.8, 4) is 0 Å². The fourth-order valence-electron chi connectivity index (χ4n) is 9.81. The van der Waals surface area contributed by atoms with Crippen LogP contribution in [0, 0.1) is 0 Å². The molecule has 0 saturated heterocycles. The summed E-state index contributed by atoms with van der Waals surface area (Å²) in [7, 11) is -9.97. The van der Waals surface area contributed by atoms with Gasteiger partial charge in [-0.1, -0.05) is 283 Å². The molecule has 0 spiro atoms. The van der Waals surface area contributed by atoms with Crippen molar-refractivity contribution in [2.24, 2.45) is 0 Å². The van der Waals surface area contributed by atoms with Crippen LogP contribution in [0.4, 0.5) is 0 Å². The molecule has 0 radical (unpaired) electrons. The van der Waals surface area contributed by atoms with E-state index in [1.807, 2.05) is 18.2 Å². The molecular formula is C81H136O17P2. The molecule has 17 nitrogen and oxygen atoms in total. The summed E-state index contributed by atoms with van der Waals surface area (Å²) in [6.45, 7) is 4.48. The molecule has 572 valence electrons. The first kappa shape index (κ1) is 95.2. The molecule has 100 heavy (non-hydrogen) atoms. The summed E-state index contributed by atoms with van der Waals surface area (Å²) in [5, 5.41) is 10.6. The Morgan fingerprint density at radius 3 is 0.900 bits per heavy atom. The highest BCUT2D eigenvalue weighted by atomic mass is 31.2. The van der Waals surface area contributed by atoms with Crippen LogP contribution in [0.15, 0.2) is 134 Å². The smallest absolute Gasteiger partial charge is 0.462 e. The van der Waals surface area contributed by atoms with Crippen molar-refractivity contribution in [1.29, 1.82) is 0 Å². The largest absolute Gasteiger partial charge is 0.472 e. The minimum atomic E-state index is -4.99. The maximum absolute atomic E-state index is 13.1. The Kier molecular flexibility index (Phi) is 69.1. The number of ether oxygens (including phenoxy) is 4. The minimum Gasteiger partial charge on any atom is -0.462 e. The van der Waals surface area contributed by atoms with E-state index in [1.54, 1.807) is 0 Å². The zero-order chi connectivity index (χ0) is 73.2. The Morgan fingerprint density at radius 1 is 0.290 bits per heavy atom. The molecule has 0 amide bonds. The fourth-order valence-corrected chi connectivity index (χ4v) is 11.4. The molecule has 0 aliphatic carbocycles. The van der Waals surface area contributed by atoms with Crippen molar-refractivity contribution in [2.45, 2.75) is 316 Å². The number of esters is 4. The van der Waals surface area contributed by atoms with Crippen molar-refractivity contribution in [3.63, 3.8) is 0 Å². The number of phosphoric acid groups is 2. The molecule has 3 N–H and O–H groups in total. The maximum Gasteiger partial charge on any atom is 0.472 e. The first-order chi connectivity index (χ1) is 48.7. The average Bonchev–Trinajstić information content (AvgIpc) is 0.953. The number of carbonyl (C=O) groups is 4. The van der Waals surface area contributed by atoms with Crippen molar-refractivity contribution in [3.05, 3.63) is 134 Å². The molecule has 0 aliphatic heterocycles. The minimum absolute atomic E-state index is 0.0353. The lowest BCUT2D eigenvalue weighted by atomic mass is 10.1. The molecule has 0 aromatic heterocycles. The number of hydrogen-bond donors (Lipinski definition) is 3. The Bertz CT molecular complexity index is 2420. The Balaban J connectivity index is 5.34. The van der Waals surface area contributed by atoms with Gasteiger partial charge in [0.05, 0.1) is 26.4 Å². The van der Waals surface area contributed by atoms with Crippen LogP contribution in [0.5, 0.6) is 0 Å². The average molecular weight is 1440 g/mol. The first-order valence-electron chi connectivity index (χ1n) is 38.4. The van der Waals surface area contributed by atoms with Crippen LogP contribution < -0.4 is 0 Å². The Hall–Kier alpha value is -4.80. The van der Waals surface area contributed by atoms with Crippen molar-refractivity contribution in [1.82, 2.24) is 0 Å². The molecule has 0 heterocycles. The molecule has 19 heteroatoms. The van der Waals surface area contributed by atoms with Crippen molar-refractivity contribution >= 4 is 39.5 Å². The van der Waals surface area contributed by atoms with E-state index in [0.717, 1.165) is 161 Å². The SMILES string of the molecule is CC/C=C\C/C=C\C/C=C\C/C=C\C/C=C\C/C=C\CCC(=O)OCC(COP(=O)(O)OCC(O)COP(=O)(O)OCC(COC(=O)CCCCCCCC/C=C\C/C=C\C/C=C\C/C=C\CC)OC(=O)CCCCCCC/C=C\CCCC)OC(=O)CCCCCCCCCCCCC. The number of aliphatic hydroxyl groups is 1. The predicted molar refractivity (Wildman–Crippen MR) is 408 cm³/mol. The van der Waals surface area contributed by atoms with Gasteiger partial charge >= 0.3 is 39.5 Å². The van der Waals surface area contributed by atoms with E-state index in [9.17, 15) is 43.2 Å². The van der Waals surface area contributed by atoms with Gasteiger partial charge in [-0.2, -0.15) is 0 Å². The fraction of sp³-hybridized carbons (Fsp3) is 0.679. The van der Waals surface area contributed by atoms with Crippen LogP contribution in [0.2, 0.25) is 0 Å². The van der Waals surface area contributed by atoms with Crippen LogP contribution in [0.25, 0.3) is 0 Å². The van der Waals surface area contributed by atoms with Crippen LogP contribution in [-0.4, -0.2) is 96.7 Å². The Labute approximate surface area is 605 Å². The maximum atomic E-state index is 13.1. The highest BCUT2D eigenvalue weighted by Gasteiger charge is 2.30. The van der Waals surface area contributed by atoms with E-state index in [0.29, 0.717) is 32.1 Å². The van der Waals surface area contributed by atoms with Gasteiger partial charge in [0.2, 0.25) is 0 Å². The summed E-state index contributed by atoms with van der Waals surface area (Å²) in [6.07, 6.45) is 80.4. The summed E-state index contributed by atoms with van der Waals surface area (Å²) >= 11 is 0. The van der Waals surface area contributed by atoms with E-state index in [1.165, 1.54) is 51.4 Å². The number of rotatable bonds is 71. The summed E-state index contributed by atoms with van der Waals surface area (Å²) in [6, 6.07) is 0.